The number of fused-ring (bicyclic) bond motifs is 4. The monoisotopic (exact) mass is 366 g/mol. The summed E-state index contributed by atoms with van der Waals surface area (Å²) in [5.74, 6) is -0.314. The van der Waals surface area contributed by atoms with E-state index < -0.39 is 11.5 Å². The Balaban J connectivity index is 1.92. The van der Waals surface area contributed by atoms with Gasteiger partial charge in [-0.25, -0.2) is 4.79 Å². The van der Waals surface area contributed by atoms with Crippen molar-refractivity contribution in [2.24, 2.45) is 5.73 Å². The molecule has 5 heteroatoms. The molecule has 0 aliphatic carbocycles. The largest absolute Gasteiger partial charge is 0.439 e. The van der Waals surface area contributed by atoms with Gasteiger partial charge in [-0.15, -0.1) is 0 Å². The maximum absolute atomic E-state index is 12.9. The van der Waals surface area contributed by atoms with E-state index in [1.807, 2.05) is 54.6 Å². The number of nitrogens with zero attached hydrogens (tertiary/aromatic N) is 1. The first-order valence-electron chi connectivity index (χ1n) is 8.80. The number of hydrogen-bond acceptors (Lipinski definition) is 5. The maximum Gasteiger partial charge on any atom is 0.344 e. The molecule has 134 valence electrons. The lowest BCUT2D eigenvalue weighted by atomic mass is 9.81. The molecule has 2 N–H and O–H groups in total. The van der Waals surface area contributed by atoms with Crippen LogP contribution in [0.15, 0.2) is 87.4 Å². The Hall–Kier alpha value is -4.04. The normalized spacial score (nSPS) is 15.9. The van der Waals surface area contributed by atoms with Crippen LogP contribution in [0.25, 0.3) is 21.7 Å². The zero-order chi connectivity index (χ0) is 19.3. The molecule has 2 heterocycles. The number of benzene rings is 3. The molecular weight excluding hydrogens is 352 g/mol. The van der Waals surface area contributed by atoms with E-state index in [2.05, 4.69) is 6.07 Å². The van der Waals surface area contributed by atoms with Crippen LogP contribution in [0.5, 0.6) is 5.75 Å². The Labute approximate surface area is 159 Å². The number of para-hydroxylation sites is 1. The summed E-state index contributed by atoms with van der Waals surface area (Å²) in [6, 6.07) is 22.9. The quantitative estimate of drug-likeness (QED) is 0.511. The molecule has 1 unspecified atom stereocenters. The SMILES string of the molecule is N#CC1=C(N)Oc2c(c(=O)oc3ccccc23)C1c1cccc2ccccc12. The lowest BCUT2D eigenvalue weighted by molar-refractivity contribution is 0.388. The minimum absolute atomic E-state index is 0.00341. The zero-order valence-electron chi connectivity index (χ0n) is 14.7. The van der Waals surface area contributed by atoms with Crippen LogP contribution in [0.1, 0.15) is 17.0 Å². The topological polar surface area (TPSA) is 89.3 Å². The van der Waals surface area contributed by atoms with Crippen LogP contribution >= 0.6 is 0 Å². The van der Waals surface area contributed by atoms with Gasteiger partial charge < -0.3 is 14.9 Å². The summed E-state index contributed by atoms with van der Waals surface area (Å²) in [5.41, 5.74) is 7.30. The predicted molar refractivity (Wildman–Crippen MR) is 106 cm³/mol. The van der Waals surface area contributed by atoms with E-state index >= 15 is 0 Å². The highest BCUT2D eigenvalue weighted by atomic mass is 16.5. The van der Waals surface area contributed by atoms with Gasteiger partial charge in [0.1, 0.15) is 17.2 Å². The first-order chi connectivity index (χ1) is 13.7. The lowest BCUT2D eigenvalue weighted by Gasteiger charge is -2.26. The molecule has 0 saturated carbocycles. The molecule has 0 amide bonds. The Bertz CT molecular complexity index is 1390. The fraction of sp³-hybridized carbons (Fsp3) is 0.0435. The van der Waals surface area contributed by atoms with Crippen molar-refractivity contribution in [1.82, 2.24) is 0 Å². The third-order valence-corrected chi connectivity index (χ3v) is 5.11. The van der Waals surface area contributed by atoms with Gasteiger partial charge >= 0.3 is 5.63 Å². The van der Waals surface area contributed by atoms with E-state index in [0.717, 1.165) is 16.3 Å². The zero-order valence-corrected chi connectivity index (χ0v) is 14.7. The fourth-order valence-electron chi connectivity index (χ4n) is 3.88. The fourth-order valence-corrected chi connectivity index (χ4v) is 3.88. The van der Waals surface area contributed by atoms with Crippen LogP contribution in [0.2, 0.25) is 0 Å². The molecule has 0 radical (unpaired) electrons. The second-order valence-corrected chi connectivity index (χ2v) is 6.62. The van der Waals surface area contributed by atoms with Crippen molar-refractivity contribution in [3.05, 3.63) is 99.7 Å². The second kappa shape index (κ2) is 6.00. The smallest absolute Gasteiger partial charge is 0.344 e. The molecule has 0 bridgehead atoms. The van der Waals surface area contributed by atoms with Gasteiger partial charge in [-0.1, -0.05) is 54.6 Å². The summed E-state index contributed by atoms with van der Waals surface area (Å²) < 4.78 is 11.3. The number of ether oxygens (including phenoxy) is 1. The molecule has 28 heavy (non-hydrogen) atoms. The number of rotatable bonds is 1. The molecule has 5 rings (SSSR count). The van der Waals surface area contributed by atoms with Crippen molar-refractivity contribution < 1.29 is 9.15 Å². The highest BCUT2D eigenvalue weighted by Gasteiger charge is 2.36. The average Bonchev–Trinajstić information content (AvgIpc) is 2.72. The number of nitriles is 1. The van der Waals surface area contributed by atoms with Crippen molar-refractivity contribution in [2.75, 3.05) is 0 Å². The van der Waals surface area contributed by atoms with Crippen molar-refractivity contribution in [2.45, 2.75) is 5.92 Å². The van der Waals surface area contributed by atoms with Crippen LogP contribution in [0.3, 0.4) is 0 Å². The third kappa shape index (κ3) is 2.22. The molecule has 1 aliphatic heterocycles. The van der Waals surface area contributed by atoms with Gasteiger partial charge in [0.05, 0.1) is 16.9 Å². The predicted octanol–water partition coefficient (Wildman–Crippen LogP) is 4.16. The summed E-state index contributed by atoms with van der Waals surface area (Å²) in [6.45, 7) is 0. The lowest BCUT2D eigenvalue weighted by Crippen LogP contribution is -2.26. The van der Waals surface area contributed by atoms with Crippen LogP contribution in [-0.4, -0.2) is 0 Å². The van der Waals surface area contributed by atoms with Gasteiger partial charge in [0, 0.05) is 0 Å². The molecule has 1 atom stereocenters. The molecule has 1 aliphatic rings. The van der Waals surface area contributed by atoms with Crippen LogP contribution < -0.4 is 16.1 Å². The average molecular weight is 366 g/mol. The molecule has 1 aromatic heterocycles. The Morgan fingerprint density at radius 2 is 1.64 bits per heavy atom. The maximum atomic E-state index is 12.9. The summed E-state index contributed by atoms with van der Waals surface area (Å²) in [5, 5.41) is 12.4. The number of nitrogens with two attached hydrogens (primary N) is 1. The number of hydrogen-bond donors (Lipinski definition) is 1. The van der Waals surface area contributed by atoms with E-state index in [4.69, 9.17) is 14.9 Å². The number of allylic oxidation sites excluding steroid dienone is 1. The summed E-state index contributed by atoms with van der Waals surface area (Å²) in [6.07, 6.45) is 0. The highest BCUT2D eigenvalue weighted by Crippen LogP contribution is 2.44. The summed E-state index contributed by atoms with van der Waals surface area (Å²) in [4.78, 5) is 12.9. The minimum atomic E-state index is -0.666. The molecular formula is C23H14N2O3. The highest BCUT2D eigenvalue weighted by molar-refractivity contribution is 5.90. The van der Waals surface area contributed by atoms with Crippen molar-refractivity contribution in [3.8, 4) is 11.8 Å². The van der Waals surface area contributed by atoms with Crippen molar-refractivity contribution >= 4 is 21.7 Å². The van der Waals surface area contributed by atoms with E-state index in [9.17, 15) is 10.1 Å². The van der Waals surface area contributed by atoms with E-state index in [0.29, 0.717) is 22.3 Å². The molecule has 0 fully saturated rings. The van der Waals surface area contributed by atoms with Crippen molar-refractivity contribution in [3.63, 3.8) is 0 Å². The van der Waals surface area contributed by atoms with Gasteiger partial charge in [-0.05, 0) is 28.5 Å². The van der Waals surface area contributed by atoms with Crippen LogP contribution in [-0.2, 0) is 0 Å². The first-order valence-corrected chi connectivity index (χ1v) is 8.80. The van der Waals surface area contributed by atoms with E-state index in [-0.39, 0.29) is 11.5 Å². The Morgan fingerprint density at radius 3 is 2.46 bits per heavy atom. The van der Waals surface area contributed by atoms with E-state index in [1.54, 1.807) is 12.1 Å². The van der Waals surface area contributed by atoms with Crippen molar-refractivity contribution in [1.29, 1.82) is 5.26 Å². The van der Waals surface area contributed by atoms with Crippen LogP contribution in [0.4, 0.5) is 0 Å². The molecule has 4 aromatic rings. The van der Waals surface area contributed by atoms with Gasteiger partial charge in [0.2, 0.25) is 5.88 Å². The molecule has 5 nitrogen and oxygen atoms in total. The van der Waals surface area contributed by atoms with Gasteiger partial charge in [0.25, 0.3) is 0 Å². The first kappa shape index (κ1) is 16.2. The molecule has 3 aromatic carbocycles. The molecule has 0 spiro atoms. The molecule has 0 saturated heterocycles. The standard InChI is InChI=1S/C23H14N2O3/c24-12-17-19(15-10-5-7-13-6-1-2-8-14(13)15)20-21(28-22(17)25)16-9-3-4-11-18(16)27-23(20)26/h1-11,19H,25H2. The summed E-state index contributed by atoms with van der Waals surface area (Å²) in [7, 11) is 0. The summed E-state index contributed by atoms with van der Waals surface area (Å²) >= 11 is 0. The second-order valence-electron chi connectivity index (χ2n) is 6.62. The Kier molecular flexibility index (Phi) is 3.46. The third-order valence-electron chi connectivity index (χ3n) is 5.11. The van der Waals surface area contributed by atoms with Gasteiger partial charge in [-0.3, -0.25) is 0 Å². The van der Waals surface area contributed by atoms with Crippen LogP contribution in [0, 0.1) is 11.3 Å². The van der Waals surface area contributed by atoms with E-state index in [1.165, 1.54) is 0 Å². The van der Waals surface area contributed by atoms with Gasteiger partial charge in [0.15, 0.2) is 5.75 Å². The van der Waals surface area contributed by atoms with Gasteiger partial charge in [-0.2, -0.15) is 5.26 Å². The Morgan fingerprint density at radius 1 is 0.929 bits per heavy atom. The minimum Gasteiger partial charge on any atom is -0.439 e.